The van der Waals surface area contributed by atoms with Crippen LogP contribution in [0.25, 0.3) is 0 Å². The molecule has 0 atom stereocenters. The van der Waals surface area contributed by atoms with Crippen LogP contribution in [0.15, 0.2) is 47.3 Å². The minimum Gasteiger partial charge on any atom is -0.337 e. The number of carbonyl (C=O) groups excluding carboxylic acids is 1. The minimum atomic E-state index is -0.198. The van der Waals surface area contributed by atoms with E-state index in [4.69, 9.17) is 0 Å². The zero-order valence-electron chi connectivity index (χ0n) is 15.2. The van der Waals surface area contributed by atoms with Crippen LogP contribution >= 0.6 is 0 Å². The third-order valence-corrected chi connectivity index (χ3v) is 4.97. The molecular formula is C20H26N4O2. The van der Waals surface area contributed by atoms with Gasteiger partial charge in [-0.25, -0.2) is 4.68 Å². The topological polar surface area (TPSA) is 67.2 Å². The number of nitrogens with zero attached hydrogens (tertiary/aromatic N) is 3. The number of likely N-dealkylation sites (tertiary alicyclic amines) is 1. The lowest BCUT2D eigenvalue weighted by atomic mass is 9.93. The maximum absolute atomic E-state index is 12.8. The molecule has 1 N–H and O–H groups in total. The second-order valence-electron chi connectivity index (χ2n) is 6.83. The summed E-state index contributed by atoms with van der Waals surface area (Å²) in [5.74, 6) is 0.588. The van der Waals surface area contributed by atoms with E-state index >= 15 is 0 Å². The van der Waals surface area contributed by atoms with E-state index in [0.717, 1.165) is 44.5 Å². The highest BCUT2D eigenvalue weighted by atomic mass is 16.2. The van der Waals surface area contributed by atoms with E-state index in [-0.39, 0.29) is 11.5 Å². The zero-order valence-corrected chi connectivity index (χ0v) is 15.2. The number of amides is 1. The number of aromatic nitrogens is 2. The molecule has 1 amide bonds. The second-order valence-corrected chi connectivity index (χ2v) is 6.83. The Morgan fingerprint density at radius 3 is 2.58 bits per heavy atom. The van der Waals surface area contributed by atoms with E-state index in [1.807, 2.05) is 42.3 Å². The van der Waals surface area contributed by atoms with Crippen LogP contribution in [0.1, 0.15) is 35.3 Å². The molecule has 1 aliphatic heterocycles. The molecule has 2 heterocycles. The van der Waals surface area contributed by atoms with Crippen molar-refractivity contribution in [2.45, 2.75) is 25.8 Å². The summed E-state index contributed by atoms with van der Waals surface area (Å²) in [7, 11) is 1.97. The van der Waals surface area contributed by atoms with Gasteiger partial charge in [-0.2, -0.15) is 5.10 Å². The first kappa shape index (κ1) is 18.3. The summed E-state index contributed by atoms with van der Waals surface area (Å²) >= 11 is 0. The van der Waals surface area contributed by atoms with Gasteiger partial charge < -0.3 is 10.2 Å². The molecule has 0 aliphatic carbocycles. The lowest BCUT2D eigenvalue weighted by molar-refractivity contribution is 0.0678. The first-order valence-corrected chi connectivity index (χ1v) is 9.23. The van der Waals surface area contributed by atoms with Crippen LogP contribution in [-0.2, 0) is 6.54 Å². The molecule has 0 radical (unpaired) electrons. The minimum absolute atomic E-state index is 0.0844. The van der Waals surface area contributed by atoms with Crippen molar-refractivity contribution in [2.75, 3.05) is 26.7 Å². The molecule has 0 saturated carbocycles. The van der Waals surface area contributed by atoms with Crippen LogP contribution in [0, 0.1) is 5.92 Å². The Labute approximate surface area is 153 Å². The number of piperidine rings is 1. The van der Waals surface area contributed by atoms with Gasteiger partial charge in [-0.1, -0.05) is 30.3 Å². The molecule has 6 heteroatoms. The van der Waals surface area contributed by atoms with Crippen LogP contribution < -0.4 is 10.9 Å². The molecule has 3 rings (SSSR count). The van der Waals surface area contributed by atoms with Crippen molar-refractivity contribution in [3.8, 4) is 0 Å². The largest absolute Gasteiger partial charge is 0.337 e. The number of nitrogens with one attached hydrogen (secondary N) is 1. The van der Waals surface area contributed by atoms with Crippen molar-refractivity contribution in [3.63, 3.8) is 0 Å². The Kier molecular flexibility index (Phi) is 6.17. The van der Waals surface area contributed by atoms with Crippen molar-refractivity contribution >= 4 is 5.91 Å². The summed E-state index contributed by atoms with van der Waals surface area (Å²) in [4.78, 5) is 26.7. The molecule has 138 valence electrons. The Balaban J connectivity index is 1.67. The average Bonchev–Trinajstić information content (AvgIpc) is 2.69. The number of carbonyl (C=O) groups is 1. The zero-order chi connectivity index (χ0) is 18.4. The summed E-state index contributed by atoms with van der Waals surface area (Å²) in [6.45, 7) is 2.90. The predicted octanol–water partition coefficient (Wildman–Crippen LogP) is 1.75. The number of hydrogen-bond donors (Lipinski definition) is 1. The third kappa shape index (κ3) is 4.58. The normalized spacial score (nSPS) is 15.2. The molecule has 1 aromatic heterocycles. The molecule has 0 spiro atoms. The fourth-order valence-electron chi connectivity index (χ4n) is 3.37. The highest BCUT2D eigenvalue weighted by Gasteiger charge is 2.24. The van der Waals surface area contributed by atoms with Gasteiger partial charge in [0.05, 0.1) is 6.54 Å². The molecule has 0 unspecified atom stereocenters. The van der Waals surface area contributed by atoms with Gasteiger partial charge in [-0.15, -0.1) is 0 Å². The highest BCUT2D eigenvalue weighted by Crippen LogP contribution is 2.21. The first-order chi connectivity index (χ1) is 12.7. The summed E-state index contributed by atoms with van der Waals surface area (Å²) in [6, 6.07) is 12.6. The van der Waals surface area contributed by atoms with E-state index in [9.17, 15) is 9.59 Å². The lowest BCUT2D eigenvalue weighted by Crippen LogP contribution is -2.40. The Hall–Kier alpha value is -2.47. The van der Waals surface area contributed by atoms with E-state index in [0.29, 0.717) is 18.2 Å². The van der Waals surface area contributed by atoms with Crippen molar-refractivity contribution in [3.05, 3.63) is 64.1 Å². The summed E-state index contributed by atoms with van der Waals surface area (Å²) < 4.78 is 1.36. The summed E-state index contributed by atoms with van der Waals surface area (Å²) in [5, 5.41) is 7.50. The Bertz CT molecular complexity index is 780. The number of benzene rings is 1. The van der Waals surface area contributed by atoms with Gasteiger partial charge in [-0.3, -0.25) is 9.59 Å². The average molecular weight is 354 g/mol. The van der Waals surface area contributed by atoms with Crippen LogP contribution in [-0.4, -0.2) is 47.3 Å². The first-order valence-electron chi connectivity index (χ1n) is 9.23. The van der Waals surface area contributed by atoms with Gasteiger partial charge in [0.15, 0.2) is 0 Å². The molecule has 1 saturated heterocycles. The maximum atomic E-state index is 12.8. The maximum Gasteiger partial charge on any atom is 0.274 e. The quantitative estimate of drug-likeness (QED) is 0.858. The second kappa shape index (κ2) is 8.76. The van der Waals surface area contributed by atoms with Crippen molar-refractivity contribution in [2.24, 2.45) is 5.92 Å². The molecule has 2 aromatic rings. The van der Waals surface area contributed by atoms with Crippen molar-refractivity contribution in [1.29, 1.82) is 0 Å². The molecule has 26 heavy (non-hydrogen) atoms. The fourth-order valence-corrected chi connectivity index (χ4v) is 3.37. The molecule has 1 aromatic carbocycles. The van der Waals surface area contributed by atoms with E-state index < -0.39 is 0 Å². The molecule has 1 aliphatic rings. The fraction of sp³-hybridized carbons (Fsp3) is 0.450. The third-order valence-electron chi connectivity index (χ3n) is 4.97. The van der Waals surface area contributed by atoms with Crippen molar-refractivity contribution in [1.82, 2.24) is 20.0 Å². The lowest BCUT2D eigenvalue weighted by Gasteiger charge is -2.31. The molecular weight excluding hydrogens is 328 g/mol. The van der Waals surface area contributed by atoms with E-state index in [1.165, 1.54) is 10.7 Å². The van der Waals surface area contributed by atoms with Crippen LogP contribution in [0.2, 0.25) is 0 Å². The van der Waals surface area contributed by atoms with Gasteiger partial charge in [-0.05, 0) is 50.4 Å². The van der Waals surface area contributed by atoms with Crippen LogP contribution in [0.3, 0.4) is 0 Å². The van der Waals surface area contributed by atoms with Crippen LogP contribution in [0.4, 0.5) is 0 Å². The highest BCUT2D eigenvalue weighted by molar-refractivity contribution is 5.92. The van der Waals surface area contributed by atoms with Gasteiger partial charge in [0.25, 0.3) is 11.5 Å². The Morgan fingerprint density at radius 2 is 1.88 bits per heavy atom. The van der Waals surface area contributed by atoms with E-state index in [1.54, 1.807) is 6.07 Å². The summed E-state index contributed by atoms with van der Waals surface area (Å²) in [6.07, 6.45) is 3.20. The predicted molar refractivity (Wildman–Crippen MR) is 101 cm³/mol. The number of rotatable bonds is 6. The molecule has 6 nitrogen and oxygen atoms in total. The monoisotopic (exact) mass is 354 g/mol. The summed E-state index contributed by atoms with van der Waals surface area (Å²) in [5.41, 5.74) is 1.13. The van der Waals surface area contributed by atoms with Gasteiger partial charge in [0.1, 0.15) is 5.69 Å². The standard InChI is InChI=1S/C20H26N4O2/c1-21-12-9-16-10-13-23(14-11-16)20(26)18-7-8-19(25)24(22-18)15-17-5-3-2-4-6-17/h2-8,16,21H,9-15H2,1H3. The molecule has 1 fully saturated rings. The smallest absolute Gasteiger partial charge is 0.274 e. The van der Waals surface area contributed by atoms with Crippen LogP contribution in [0.5, 0.6) is 0 Å². The van der Waals surface area contributed by atoms with Gasteiger partial charge in [0, 0.05) is 19.2 Å². The van der Waals surface area contributed by atoms with Crippen molar-refractivity contribution < 1.29 is 4.79 Å². The van der Waals surface area contributed by atoms with Gasteiger partial charge >= 0.3 is 0 Å². The Morgan fingerprint density at radius 1 is 1.15 bits per heavy atom. The van der Waals surface area contributed by atoms with Gasteiger partial charge in [0.2, 0.25) is 0 Å². The number of hydrogen-bond acceptors (Lipinski definition) is 4. The SMILES string of the molecule is CNCCC1CCN(C(=O)c2ccc(=O)n(Cc3ccccc3)n2)CC1. The molecule has 0 bridgehead atoms. The van der Waals surface area contributed by atoms with E-state index in [2.05, 4.69) is 10.4 Å².